The van der Waals surface area contributed by atoms with Crippen LogP contribution in [-0.4, -0.2) is 16.0 Å². The molecule has 0 heterocycles. The SMILES string of the molecule is CC(=O)SCC#Cc1ccc(O)c(C)c1. The van der Waals surface area contributed by atoms with Crippen LogP contribution >= 0.6 is 11.8 Å². The highest BCUT2D eigenvalue weighted by Gasteiger charge is 1.95. The second-order valence-electron chi connectivity index (χ2n) is 3.08. The largest absolute Gasteiger partial charge is 0.508 e. The van der Waals surface area contributed by atoms with E-state index >= 15 is 0 Å². The Balaban J connectivity index is 2.64. The third-order valence-electron chi connectivity index (χ3n) is 1.78. The van der Waals surface area contributed by atoms with Gasteiger partial charge in [0.15, 0.2) is 5.12 Å². The molecule has 0 aliphatic carbocycles. The summed E-state index contributed by atoms with van der Waals surface area (Å²) >= 11 is 1.20. The van der Waals surface area contributed by atoms with Crippen LogP contribution in [-0.2, 0) is 4.79 Å². The summed E-state index contributed by atoms with van der Waals surface area (Å²) in [5, 5.41) is 9.37. The molecule has 1 rings (SSSR count). The third kappa shape index (κ3) is 4.09. The lowest BCUT2D eigenvalue weighted by Crippen LogP contribution is -1.83. The van der Waals surface area contributed by atoms with Crippen molar-refractivity contribution in [3.05, 3.63) is 29.3 Å². The molecule has 0 aliphatic rings. The van der Waals surface area contributed by atoms with Crippen molar-refractivity contribution in [2.75, 3.05) is 5.75 Å². The van der Waals surface area contributed by atoms with E-state index in [1.807, 2.05) is 13.0 Å². The summed E-state index contributed by atoms with van der Waals surface area (Å²) in [4.78, 5) is 10.6. The Morgan fingerprint density at radius 1 is 1.53 bits per heavy atom. The first-order valence-corrected chi connectivity index (χ1v) is 5.50. The van der Waals surface area contributed by atoms with Gasteiger partial charge in [0.25, 0.3) is 0 Å². The van der Waals surface area contributed by atoms with E-state index in [0.717, 1.165) is 11.1 Å². The molecule has 0 radical (unpaired) electrons. The number of hydrogen-bond donors (Lipinski definition) is 1. The molecule has 3 heteroatoms. The average molecular weight is 220 g/mol. The van der Waals surface area contributed by atoms with Gasteiger partial charge in [0, 0.05) is 12.5 Å². The van der Waals surface area contributed by atoms with Crippen LogP contribution in [0.1, 0.15) is 18.1 Å². The predicted octanol–water partition coefficient (Wildman–Crippen LogP) is 2.33. The van der Waals surface area contributed by atoms with Crippen molar-refractivity contribution in [1.82, 2.24) is 0 Å². The first-order valence-electron chi connectivity index (χ1n) is 4.51. The normalized spacial score (nSPS) is 9.20. The van der Waals surface area contributed by atoms with Crippen LogP contribution in [0.25, 0.3) is 0 Å². The number of aryl methyl sites for hydroxylation is 1. The molecule has 1 aromatic carbocycles. The van der Waals surface area contributed by atoms with Crippen LogP contribution in [0.3, 0.4) is 0 Å². The van der Waals surface area contributed by atoms with E-state index in [0.29, 0.717) is 5.75 Å². The molecule has 1 N–H and O–H groups in total. The van der Waals surface area contributed by atoms with E-state index in [1.54, 1.807) is 12.1 Å². The molecule has 0 aromatic heterocycles. The van der Waals surface area contributed by atoms with Crippen LogP contribution in [0.15, 0.2) is 18.2 Å². The molecule has 0 unspecified atom stereocenters. The van der Waals surface area contributed by atoms with E-state index in [4.69, 9.17) is 0 Å². The Morgan fingerprint density at radius 3 is 2.87 bits per heavy atom. The summed E-state index contributed by atoms with van der Waals surface area (Å²) in [5.41, 5.74) is 1.66. The molecule has 1 aromatic rings. The van der Waals surface area contributed by atoms with E-state index in [1.165, 1.54) is 18.7 Å². The molecule has 0 atom stereocenters. The summed E-state index contributed by atoms with van der Waals surface area (Å²) in [6, 6.07) is 5.20. The topological polar surface area (TPSA) is 37.3 Å². The van der Waals surface area contributed by atoms with Gasteiger partial charge in [-0.05, 0) is 30.7 Å². The van der Waals surface area contributed by atoms with Gasteiger partial charge in [-0.1, -0.05) is 23.6 Å². The Labute approximate surface area is 93.7 Å². The van der Waals surface area contributed by atoms with Gasteiger partial charge in [-0.2, -0.15) is 0 Å². The predicted molar refractivity (Wildman–Crippen MR) is 62.9 cm³/mol. The lowest BCUT2D eigenvalue weighted by molar-refractivity contribution is -0.109. The van der Waals surface area contributed by atoms with Crippen molar-refractivity contribution in [3.63, 3.8) is 0 Å². The fourth-order valence-corrected chi connectivity index (χ4v) is 1.36. The van der Waals surface area contributed by atoms with Gasteiger partial charge in [-0.3, -0.25) is 4.79 Å². The molecule has 0 aliphatic heterocycles. The van der Waals surface area contributed by atoms with Gasteiger partial charge in [-0.25, -0.2) is 0 Å². The number of benzene rings is 1. The minimum atomic E-state index is 0.0752. The van der Waals surface area contributed by atoms with E-state index < -0.39 is 0 Å². The first-order chi connectivity index (χ1) is 7.09. The molecule has 0 fully saturated rings. The zero-order valence-corrected chi connectivity index (χ0v) is 9.52. The highest BCUT2D eigenvalue weighted by atomic mass is 32.2. The summed E-state index contributed by atoms with van der Waals surface area (Å²) in [6.45, 7) is 3.35. The number of aromatic hydroxyl groups is 1. The second kappa shape index (κ2) is 5.47. The van der Waals surface area contributed by atoms with Crippen molar-refractivity contribution in [1.29, 1.82) is 0 Å². The number of carbonyl (C=O) groups excluding carboxylic acids is 1. The molecule has 0 saturated heterocycles. The van der Waals surface area contributed by atoms with Crippen molar-refractivity contribution in [2.45, 2.75) is 13.8 Å². The lowest BCUT2D eigenvalue weighted by atomic mass is 10.1. The maximum absolute atomic E-state index is 10.6. The lowest BCUT2D eigenvalue weighted by Gasteiger charge is -1.97. The second-order valence-corrected chi connectivity index (χ2v) is 4.24. The number of thioether (sulfide) groups is 1. The monoisotopic (exact) mass is 220 g/mol. The minimum Gasteiger partial charge on any atom is -0.508 e. The fraction of sp³-hybridized carbons (Fsp3) is 0.250. The Morgan fingerprint density at radius 2 is 2.27 bits per heavy atom. The highest BCUT2D eigenvalue weighted by Crippen LogP contribution is 2.16. The molecule has 0 saturated carbocycles. The van der Waals surface area contributed by atoms with Gasteiger partial charge in [-0.15, -0.1) is 0 Å². The minimum absolute atomic E-state index is 0.0752. The summed E-state index contributed by atoms with van der Waals surface area (Å²) in [7, 11) is 0. The fourth-order valence-electron chi connectivity index (χ4n) is 1.01. The summed E-state index contributed by atoms with van der Waals surface area (Å²) < 4.78 is 0. The van der Waals surface area contributed by atoms with E-state index in [9.17, 15) is 9.90 Å². The summed E-state index contributed by atoms with van der Waals surface area (Å²) in [6.07, 6.45) is 0. The van der Waals surface area contributed by atoms with Crippen molar-refractivity contribution in [3.8, 4) is 17.6 Å². The number of carbonyl (C=O) groups is 1. The molecular formula is C12H12O2S. The zero-order valence-electron chi connectivity index (χ0n) is 8.70. The Bertz CT molecular complexity index is 427. The molecule has 0 spiro atoms. The molecule has 78 valence electrons. The van der Waals surface area contributed by atoms with Crippen molar-refractivity contribution in [2.24, 2.45) is 0 Å². The molecule has 15 heavy (non-hydrogen) atoms. The molecule has 0 amide bonds. The number of rotatable bonds is 1. The number of phenolic OH excluding ortho intramolecular Hbond substituents is 1. The van der Waals surface area contributed by atoms with Crippen LogP contribution in [0, 0.1) is 18.8 Å². The van der Waals surface area contributed by atoms with Crippen LogP contribution < -0.4 is 0 Å². The van der Waals surface area contributed by atoms with Gasteiger partial charge >= 0.3 is 0 Å². The number of hydrogen-bond acceptors (Lipinski definition) is 3. The third-order valence-corrected chi connectivity index (χ3v) is 2.47. The van der Waals surface area contributed by atoms with Crippen LogP contribution in [0.5, 0.6) is 5.75 Å². The van der Waals surface area contributed by atoms with Crippen LogP contribution in [0.2, 0.25) is 0 Å². The van der Waals surface area contributed by atoms with E-state index in [2.05, 4.69) is 11.8 Å². The Kier molecular flexibility index (Phi) is 4.26. The first kappa shape index (κ1) is 11.7. The zero-order chi connectivity index (χ0) is 11.3. The summed E-state index contributed by atoms with van der Waals surface area (Å²) in [5.74, 6) is 6.61. The quantitative estimate of drug-likeness (QED) is 0.738. The van der Waals surface area contributed by atoms with Crippen molar-refractivity contribution >= 4 is 16.9 Å². The van der Waals surface area contributed by atoms with Gasteiger partial charge in [0.1, 0.15) is 5.75 Å². The van der Waals surface area contributed by atoms with Gasteiger partial charge < -0.3 is 5.11 Å². The van der Waals surface area contributed by atoms with Crippen molar-refractivity contribution < 1.29 is 9.90 Å². The van der Waals surface area contributed by atoms with E-state index in [-0.39, 0.29) is 10.9 Å². The highest BCUT2D eigenvalue weighted by molar-refractivity contribution is 8.13. The standard InChI is InChI=1S/C12H12O2S/c1-9-8-11(5-6-12(9)14)4-3-7-15-10(2)13/h5-6,8,14H,7H2,1-2H3. The Hall–Kier alpha value is -1.40. The van der Waals surface area contributed by atoms with Gasteiger partial charge in [0.2, 0.25) is 0 Å². The average Bonchev–Trinajstić information content (AvgIpc) is 2.18. The maximum atomic E-state index is 10.6. The molecular weight excluding hydrogens is 208 g/mol. The maximum Gasteiger partial charge on any atom is 0.186 e. The smallest absolute Gasteiger partial charge is 0.186 e. The molecule has 2 nitrogen and oxygen atoms in total. The molecule has 0 bridgehead atoms. The van der Waals surface area contributed by atoms with Gasteiger partial charge in [0.05, 0.1) is 5.75 Å². The van der Waals surface area contributed by atoms with Crippen LogP contribution in [0.4, 0.5) is 0 Å². The number of phenols is 1.